The number of alkyl halides is 1. The van der Waals surface area contributed by atoms with Gasteiger partial charge in [0.05, 0.1) is 6.10 Å². The van der Waals surface area contributed by atoms with Crippen molar-refractivity contribution in [2.24, 2.45) is 11.8 Å². The molecule has 0 rings (SSSR count). The molecular weight excluding hydrogens is 204 g/mol. The van der Waals surface area contributed by atoms with Gasteiger partial charge in [0.2, 0.25) is 0 Å². The van der Waals surface area contributed by atoms with Crippen LogP contribution in [0.4, 0.5) is 0 Å². The van der Waals surface area contributed by atoms with Crippen LogP contribution in [0.5, 0.6) is 0 Å². The third-order valence-corrected chi connectivity index (χ3v) is 2.52. The topological polar surface area (TPSA) is 20.2 Å². The maximum Gasteiger partial charge on any atom is 0.0625 e. The lowest BCUT2D eigenvalue weighted by atomic mass is 9.92. The SMILES string of the molecule is C=CC(C)C(O)C(C)CCBr. The van der Waals surface area contributed by atoms with Crippen molar-refractivity contribution in [2.45, 2.75) is 26.4 Å². The van der Waals surface area contributed by atoms with Gasteiger partial charge in [-0.05, 0) is 18.3 Å². The highest BCUT2D eigenvalue weighted by molar-refractivity contribution is 9.09. The molecule has 1 nitrogen and oxygen atoms in total. The van der Waals surface area contributed by atoms with E-state index in [0.717, 1.165) is 11.8 Å². The Morgan fingerprint density at radius 2 is 2.09 bits per heavy atom. The van der Waals surface area contributed by atoms with Gasteiger partial charge < -0.3 is 5.11 Å². The fourth-order valence-corrected chi connectivity index (χ4v) is 1.72. The van der Waals surface area contributed by atoms with Gasteiger partial charge in [-0.15, -0.1) is 6.58 Å². The molecular formula is C9H17BrO. The Kier molecular flexibility index (Phi) is 5.88. The minimum atomic E-state index is -0.245. The third kappa shape index (κ3) is 3.92. The van der Waals surface area contributed by atoms with Gasteiger partial charge in [0, 0.05) is 5.33 Å². The van der Waals surface area contributed by atoms with Crippen LogP contribution < -0.4 is 0 Å². The molecule has 0 heterocycles. The summed E-state index contributed by atoms with van der Waals surface area (Å²) in [5.74, 6) is 0.548. The number of halogens is 1. The molecule has 0 aliphatic carbocycles. The summed E-state index contributed by atoms with van der Waals surface area (Å²) < 4.78 is 0. The molecule has 0 saturated carbocycles. The average Bonchev–Trinajstić information content (AvgIpc) is 2.02. The zero-order chi connectivity index (χ0) is 8.85. The summed E-state index contributed by atoms with van der Waals surface area (Å²) in [4.78, 5) is 0. The second kappa shape index (κ2) is 5.78. The largest absolute Gasteiger partial charge is 0.392 e. The van der Waals surface area contributed by atoms with Crippen LogP contribution in [0, 0.1) is 11.8 Å². The van der Waals surface area contributed by atoms with Crippen molar-refractivity contribution in [3.63, 3.8) is 0 Å². The van der Waals surface area contributed by atoms with Gasteiger partial charge >= 0.3 is 0 Å². The molecule has 66 valence electrons. The van der Waals surface area contributed by atoms with E-state index in [1.807, 2.05) is 6.92 Å². The molecule has 0 amide bonds. The molecule has 0 aromatic heterocycles. The monoisotopic (exact) mass is 220 g/mol. The van der Waals surface area contributed by atoms with Crippen molar-refractivity contribution >= 4 is 15.9 Å². The number of hydrogen-bond donors (Lipinski definition) is 1. The van der Waals surface area contributed by atoms with Gasteiger partial charge in [-0.3, -0.25) is 0 Å². The first-order chi connectivity index (χ1) is 5.13. The van der Waals surface area contributed by atoms with E-state index in [9.17, 15) is 5.11 Å². The molecule has 0 aliphatic rings. The molecule has 2 heteroatoms. The van der Waals surface area contributed by atoms with E-state index in [2.05, 4.69) is 29.4 Å². The lowest BCUT2D eigenvalue weighted by molar-refractivity contribution is 0.0821. The van der Waals surface area contributed by atoms with Crippen molar-refractivity contribution in [3.05, 3.63) is 12.7 Å². The summed E-state index contributed by atoms with van der Waals surface area (Å²) in [5, 5.41) is 10.6. The highest BCUT2D eigenvalue weighted by atomic mass is 79.9. The van der Waals surface area contributed by atoms with E-state index in [0.29, 0.717) is 5.92 Å². The van der Waals surface area contributed by atoms with E-state index in [-0.39, 0.29) is 12.0 Å². The van der Waals surface area contributed by atoms with E-state index in [4.69, 9.17) is 0 Å². The van der Waals surface area contributed by atoms with Crippen LogP contribution in [-0.4, -0.2) is 16.5 Å². The molecule has 3 atom stereocenters. The Morgan fingerprint density at radius 3 is 2.45 bits per heavy atom. The van der Waals surface area contributed by atoms with Gasteiger partial charge in [0.25, 0.3) is 0 Å². The molecule has 11 heavy (non-hydrogen) atoms. The average molecular weight is 221 g/mol. The molecule has 0 saturated heterocycles. The third-order valence-electron chi connectivity index (χ3n) is 2.06. The van der Waals surface area contributed by atoms with Gasteiger partial charge in [0.1, 0.15) is 0 Å². The van der Waals surface area contributed by atoms with Gasteiger partial charge in [-0.1, -0.05) is 35.9 Å². The zero-order valence-electron chi connectivity index (χ0n) is 7.26. The summed E-state index contributed by atoms with van der Waals surface area (Å²) in [6.07, 6.45) is 2.57. The smallest absolute Gasteiger partial charge is 0.0625 e. The lowest BCUT2D eigenvalue weighted by Crippen LogP contribution is -2.24. The summed E-state index contributed by atoms with van der Waals surface area (Å²) >= 11 is 3.35. The molecule has 0 aromatic carbocycles. The summed E-state index contributed by atoms with van der Waals surface area (Å²) in [5.41, 5.74) is 0. The minimum Gasteiger partial charge on any atom is -0.392 e. The standard InChI is InChI=1S/C9H17BrO/c1-4-7(2)9(11)8(3)5-6-10/h4,7-9,11H,1,5-6H2,2-3H3. The Labute approximate surface area is 77.6 Å². The van der Waals surface area contributed by atoms with Gasteiger partial charge in [-0.2, -0.15) is 0 Å². The fourth-order valence-electron chi connectivity index (χ4n) is 1.00. The second-order valence-corrected chi connectivity index (χ2v) is 3.83. The van der Waals surface area contributed by atoms with E-state index >= 15 is 0 Å². The van der Waals surface area contributed by atoms with Crippen molar-refractivity contribution in [3.8, 4) is 0 Å². The first-order valence-electron chi connectivity index (χ1n) is 4.00. The molecule has 3 unspecified atom stereocenters. The van der Waals surface area contributed by atoms with E-state index in [1.165, 1.54) is 0 Å². The van der Waals surface area contributed by atoms with Crippen LogP contribution in [0.2, 0.25) is 0 Å². The molecule has 0 radical (unpaired) electrons. The first-order valence-corrected chi connectivity index (χ1v) is 5.12. The van der Waals surface area contributed by atoms with E-state index in [1.54, 1.807) is 6.08 Å². The normalized spacial score (nSPS) is 18.9. The van der Waals surface area contributed by atoms with Crippen molar-refractivity contribution in [1.82, 2.24) is 0 Å². The summed E-state index contributed by atoms with van der Waals surface area (Å²) in [6.45, 7) is 7.70. The van der Waals surface area contributed by atoms with Crippen molar-refractivity contribution in [1.29, 1.82) is 0 Å². The second-order valence-electron chi connectivity index (χ2n) is 3.04. The van der Waals surface area contributed by atoms with E-state index < -0.39 is 0 Å². The maximum atomic E-state index is 9.63. The van der Waals surface area contributed by atoms with Crippen LogP contribution in [0.3, 0.4) is 0 Å². The quantitative estimate of drug-likeness (QED) is 0.558. The zero-order valence-corrected chi connectivity index (χ0v) is 8.84. The first kappa shape index (κ1) is 11.2. The molecule has 0 aliphatic heterocycles. The highest BCUT2D eigenvalue weighted by Gasteiger charge is 2.17. The Bertz CT molecular complexity index is 114. The fraction of sp³-hybridized carbons (Fsp3) is 0.778. The highest BCUT2D eigenvalue weighted by Crippen LogP contribution is 2.17. The number of rotatable bonds is 5. The molecule has 0 spiro atoms. The predicted molar refractivity (Wildman–Crippen MR) is 52.9 cm³/mol. The van der Waals surface area contributed by atoms with Crippen LogP contribution in [0.25, 0.3) is 0 Å². The van der Waals surface area contributed by atoms with Gasteiger partial charge in [-0.25, -0.2) is 0 Å². The minimum absolute atomic E-state index is 0.198. The predicted octanol–water partition coefficient (Wildman–Crippen LogP) is 2.59. The number of hydrogen-bond acceptors (Lipinski definition) is 1. The maximum absolute atomic E-state index is 9.63. The van der Waals surface area contributed by atoms with Crippen molar-refractivity contribution < 1.29 is 5.11 Å². The molecule has 1 N–H and O–H groups in total. The van der Waals surface area contributed by atoms with Crippen LogP contribution >= 0.6 is 15.9 Å². The Morgan fingerprint density at radius 1 is 1.55 bits per heavy atom. The Balaban J connectivity index is 3.79. The Hall–Kier alpha value is 0.180. The van der Waals surface area contributed by atoms with Gasteiger partial charge in [0.15, 0.2) is 0 Å². The van der Waals surface area contributed by atoms with Crippen LogP contribution in [0.15, 0.2) is 12.7 Å². The van der Waals surface area contributed by atoms with Crippen molar-refractivity contribution in [2.75, 3.05) is 5.33 Å². The summed E-state index contributed by atoms with van der Waals surface area (Å²) in [7, 11) is 0. The molecule has 0 fully saturated rings. The summed E-state index contributed by atoms with van der Waals surface area (Å²) in [6, 6.07) is 0. The lowest BCUT2D eigenvalue weighted by Gasteiger charge is -2.21. The molecule has 0 bridgehead atoms. The van der Waals surface area contributed by atoms with Crippen LogP contribution in [0.1, 0.15) is 20.3 Å². The number of aliphatic hydroxyl groups excluding tert-OH is 1. The number of aliphatic hydroxyl groups is 1. The van der Waals surface area contributed by atoms with Crippen LogP contribution in [-0.2, 0) is 0 Å². The molecule has 0 aromatic rings.